The lowest BCUT2D eigenvalue weighted by atomic mass is 9.89. The van der Waals surface area contributed by atoms with E-state index in [0.29, 0.717) is 25.1 Å². The molecule has 0 aromatic rings. The minimum atomic E-state index is -0.983. The van der Waals surface area contributed by atoms with Crippen LogP contribution in [0.3, 0.4) is 0 Å². The molecule has 0 radical (unpaired) electrons. The van der Waals surface area contributed by atoms with Crippen molar-refractivity contribution in [2.24, 2.45) is 11.1 Å². The molecule has 0 bridgehead atoms. The van der Waals surface area contributed by atoms with Crippen LogP contribution in [0.5, 0.6) is 0 Å². The topological polar surface area (TPSA) is 104 Å². The van der Waals surface area contributed by atoms with Crippen molar-refractivity contribution in [3.8, 4) is 0 Å². The number of carboxylic acids is 1. The predicted octanol–water partition coefficient (Wildman–Crippen LogP) is 0.542. The Balaban J connectivity index is 2.15. The Morgan fingerprint density at radius 3 is 2.57 bits per heavy atom. The van der Waals surface area contributed by atoms with Crippen molar-refractivity contribution in [1.29, 1.82) is 0 Å². The van der Waals surface area contributed by atoms with E-state index in [0.717, 1.165) is 0 Å². The maximum Gasteiger partial charge on any atom is 0.327 e. The highest BCUT2D eigenvalue weighted by molar-refractivity contribution is 8.00. The van der Waals surface area contributed by atoms with Gasteiger partial charge in [-0.3, -0.25) is 9.69 Å². The molecule has 8 heteroatoms. The van der Waals surface area contributed by atoms with E-state index in [1.165, 1.54) is 16.7 Å². The Bertz CT molecular complexity index is 472. The second-order valence-corrected chi connectivity index (χ2v) is 7.05. The summed E-state index contributed by atoms with van der Waals surface area (Å²) >= 11 is 1.49. The summed E-state index contributed by atoms with van der Waals surface area (Å²) in [5.41, 5.74) is 4.67. The van der Waals surface area contributed by atoms with Gasteiger partial charge < -0.3 is 15.7 Å². The summed E-state index contributed by atoms with van der Waals surface area (Å²) in [4.78, 5) is 38.5. The highest BCUT2D eigenvalue weighted by atomic mass is 32.2. The quantitative estimate of drug-likeness (QED) is 0.791. The minimum absolute atomic E-state index is 0.126. The van der Waals surface area contributed by atoms with Crippen LogP contribution >= 0.6 is 11.8 Å². The first-order valence-corrected chi connectivity index (χ1v) is 8.06. The summed E-state index contributed by atoms with van der Waals surface area (Å²) in [5.74, 6) is -1.00. The molecule has 2 aliphatic rings. The maximum absolute atomic E-state index is 12.7. The van der Waals surface area contributed by atoms with E-state index in [1.807, 2.05) is 6.92 Å². The zero-order valence-corrected chi connectivity index (χ0v) is 13.1. The van der Waals surface area contributed by atoms with E-state index >= 15 is 0 Å². The van der Waals surface area contributed by atoms with Gasteiger partial charge in [0.15, 0.2) is 0 Å². The van der Waals surface area contributed by atoms with E-state index < -0.39 is 23.3 Å². The van der Waals surface area contributed by atoms with E-state index in [4.69, 9.17) is 5.73 Å². The minimum Gasteiger partial charge on any atom is -0.480 e. The first-order valence-electron chi connectivity index (χ1n) is 7.01. The smallest absolute Gasteiger partial charge is 0.327 e. The van der Waals surface area contributed by atoms with Gasteiger partial charge in [-0.1, -0.05) is 6.92 Å². The number of aliphatic carboxylic acids is 1. The third-order valence-corrected chi connectivity index (χ3v) is 5.74. The lowest BCUT2D eigenvalue weighted by molar-refractivity contribution is -0.141. The van der Waals surface area contributed by atoms with Crippen molar-refractivity contribution in [3.05, 3.63) is 0 Å². The first kappa shape index (κ1) is 15.9. The van der Waals surface area contributed by atoms with Crippen LogP contribution in [0, 0.1) is 5.41 Å². The van der Waals surface area contributed by atoms with Crippen molar-refractivity contribution >= 4 is 29.7 Å². The summed E-state index contributed by atoms with van der Waals surface area (Å²) < 4.78 is 0. The summed E-state index contributed by atoms with van der Waals surface area (Å²) in [6.07, 6.45) is 1.21. The number of rotatable bonds is 3. The Labute approximate surface area is 127 Å². The highest BCUT2D eigenvalue weighted by Gasteiger charge is 2.47. The number of thioether (sulfide) groups is 1. The average molecular weight is 315 g/mol. The molecule has 2 fully saturated rings. The molecule has 0 aromatic carbocycles. The van der Waals surface area contributed by atoms with Gasteiger partial charge in [-0.05, 0) is 19.8 Å². The molecule has 0 aliphatic carbocycles. The van der Waals surface area contributed by atoms with E-state index in [1.54, 1.807) is 11.8 Å². The van der Waals surface area contributed by atoms with Gasteiger partial charge in [-0.15, -0.1) is 11.8 Å². The maximum atomic E-state index is 12.7. The van der Waals surface area contributed by atoms with Gasteiger partial charge >= 0.3 is 12.0 Å². The number of hydrogen-bond donors (Lipinski definition) is 2. The number of nitrogens with two attached hydrogens (primary N) is 1. The molecule has 3 N–H and O–H groups in total. The van der Waals surface area contributed by atoms with Crippen molar-refractivity contribution in [3.63, 3.8) is 0 Å². The molecule has 0 spiro atoms. The largest absolute Gasteiger partial charge is 0.480 e. The molecule has 0 aromatic heterocycles. The average Bonchev–Trinajstić information content (AvgIpc) is 3.02. The van der Waals surface area contributed by atoms with Gasteiger partial charge in [0.05, 0.1) is 10.8 Å². The number of likely N-dealkylation sites (tertiary alicyclic amines) is 1. The number of nitrogens with zero attached hydrogens (tertiary/aromatic N) is 2. The predicted molar refractivity (Wildman–Crippen MR) is 78.7 cm³/mol. The molecule has 2 rings (SSSR count). The fourth-order valence-corrected chi connectivity index (χ4v) is 4.15. The number of carboxylic acid groups (broad SMARTS) is 1. The second-order valence-electron chi connectivity index (χ2n) is 5.84. The van der Waals surface area contributed by atoms with Crippen LogP contribution in [0.4, 0.5) is 4.79 Å². The van der Waals surface area contributed by atoms with Crippen molar-refractivity contribution in [1.82, 2.24) is 9.80 Å². The SMILES string of the molecule is CCC1SCC(C(=O)O)N1C(=O)N1CCC(C)(C(N)=O)C1. The molecule has 2 heterocycles. The Morgan fingerprint density at radius 2 is 2.10 bits per heavy atom. The molecule has 7 nitrogen and oxygen atoms in total. The van der Waals surface area contributed by atoms with E-state index in [-0.39, 0.29) is 17.9 Å². The second kappa shape index (κ2) is 5.75. The Kier molecular flexibility index (Phi) is 4.36. The molecule has 3 unspecified atom stereocenters. The number of hydrogen-bond acceptors (Lipinski definition) is 4. The van der Waals surface area contributed by atoms with Crippen LogP contribution in [-0.2, 0) is 9.59 Å². The number of carbonyl (C=O) groups is 3. The normalized spacial score (nSPS) is 32.5. The van der Waals surface area contributed by atoms with Crippen molar-refractivity contribution < 1.29 is 19.5 Å². The third kappa shape index (κ3) is 2.81. The molecule has 3 atom stereocenters. The summed E-state index contributed by atoms with van der Waals surface area (Å²) in [6.45, 7) is 4.36. The van der Waals surface area contributed by atoms with Crippen LogP contribution in [0.15, 0.2) is 0 Å². The molecule has 0 saturated carbocycles. The van der Waals surface area contributed by atoms with Crippen LogP contribution in [0.25, 0.3) is 0 Å². The van der Waals surface area contributed by atoms with E-state index in [9.17, 15) is 19.5 Å². The monoisotopic (exact) mass is 315 g/mol. The fraction of sp³-hybridized carbons (Fsp3) is 0.769. The van der Waals surface area contributed by atoms with Crippen LogP contribution < -0.4 is 5.73 Å². The number of carbonyl (C=O) groups excluding carboxylic acids is 2. The van der Waals surface area contributed by atoms with Crippen LogP contribution in [-0.4, -0.2) is 63.1 Å². The number of amides is 3. The molecule has 118 valence electrons. The zero-order valence-electron chi connectivity index (χ0n) is 12.2. The van der Waals surface area contributed by atoms with Gasteiger partial charge in [-0.2, -0.15) is 0 Å². The van der Waals surface area contributed by atoms with Gasteiger partial charge in [0.25, 0.3) is 0 Å². The molecular formula is C13H21N3O4S. The summed E-state index contributed by atoms with van der Waals surface area (Å²) in [7, 11) is 0. The fourth-order valence-electron chi connectivity index (χ4n) is 2.81. The van der Waals surface area contributed by atoms with Crippen LogP contribution in [0.1, 0.15) is 26.7 Å². The highest BCUT2D eigenvalue weighted by Crippen LogP contribution is 2.35. The standard InChI is InChI=1S/C13H21N3O4S/c1-3-9-16(8(6-21-9)10(17)18)12(20)15-5-4-13(2,7-15)11(14)19/h8-9H,3-7H2,1-2H3,(H2,14,19)(H,17,18). The molecule has 3 amide bonds. The Morgan fingerprint density at radius 1 is 1.43 bits per heavy atom. The van der Waals surface area contributed by atoms with Gasteiger partial charge in [0, 0.05) is 18.8 Å². The van der Waals surface area contributed by atoms with E-state index in [2.05, 4.69) is 0 Å². The lowest BCUT2D eigenvalue weighted by Gasteiger charge is -2.31. The lowest BCUT2D eigenvalue weighted by Crippen LogP contribution is -2.51. The zero-order chi connectivity index (χ0) is 15.8. The summed E-state index contributed by atoms with van der Waals surface area (Å²) in [5, 5.41) is 9.15. The first-order chi connectivity index (χ1) is 9.80. The molecule has 21 heavy (non-hydrogen) atoms. The van der Waals surface area contributed by atoms with Gasteiger partial charge in [0.2, 0.25) is 5.91 Å². The van der Waals surface area contributed by atoms with Gasteiger partial charge in [-0.25, -0.2) is 9.59 Å². The van der Waals surface area contributed by atoms with Crippen LogP contribution in [0.2, 0.25) is 0 Å². The molecule has 2 saturated heterocycles. The molecular weight excluding hydrogens is 294 g/mol. The summed E-state index contributed by atoms with van der Waals surface area (Å²) in [6, 6.07) is -1.10. The number of urea groups is 1. The van der Waals surface area contributed by atoms with Gasteiger partial charge in [0.1, 0.15) is 6.04 Å². The Hall–Kier alpha value is -1.44. The third-order valence-electron chi connectivity index (χ3n) is 4.29. The van der Waals surface area contributed by atoms with Crippen molar-refractivity contribution in [2.75, 3.05) is 18.8 Å². The number of primary amides is 1. The van der Waals surface area contributed by atoms with Crippen molar-refractivity contribution in [2.45, 2.75) is 38.1 Å². The molecule has 2 aliphatic heterocycles.